The molecule has 0 saturated heterocycles. The van der Waals surface area contributed by atoms with Gasteiger partial charge < -0.3 is 10.1 Å². The predicted octanol–water partition coefficient (Wildman–Crippen LogP) is 4.25. The Morgan fingerprint density at radius 1 is 1.04 bits per heavy atom. The maximum Gasteiger partial charge on any atom is 0.573 e. The fourth-order valence-corrected chi connectivity index (χ4v) is 1.67. The Labute approximate surface area is 131 Å². The lowest BCUT2D eigenvalue weighted by molar-refractivity contribution is -0.274. The molecule has 0 aliphatic rings. The number of ether oxygens (including phenoxy) is 1. The number of hydrogen-bond acceptors (Lipinski definition) is 3. The van der Waals surface area contributed by atoms with Crippen molar-refractivity contribution in [1.29, 1.82) is 0 Å². The average Bonchev–Trinajstić information content (AvgIpc) is 2.45. The lowest BCUT2D eigenvalue weighted by atomic mass is 10.2. The van der Waals surface area contributed by atoms with E-state index in [0.29, 0.717) is 12.3 Å². The largest absolute Gasteiger partial charge is 0.573 e. The molecule has 0 spiro atoms. The number of alkyl halides is 6. The topological polar surface area (TPSA) is 51.2 Å². The highest BCUT2D eigenvalue weighted by molar-refractivity contribution is 6.04. The molecule has 24 heavy (non-hydrogen) atoms. The van der Waals surface area contributed by atoms with E-state index in [1.807, 2.05) is 0 Å². The molecule has 2 rings (SSSR count). The third kappa shape index (κ3) is 4.86. The van der Waals surface area contributed by atoms with Crippen LogP contribution in [0.3, 0.4) is 0 Å². The summed E-state index contributed by atoms with van der Waals surface area (Å²) in [5.74, 6) is -1.38. The SMILES string of the molecule is O=C(Nc1cccc(OC(F)(F)F)c1)c1ccc(C(F)(F)F)nc1. The number of nitrogens with one attached hydrogen (secondary N) is 1. The molecule has 4 nitrogen and oxygen atoms in total. The normalized spacial score (nSPS) is 11.9. The van der Waals surface area contributed by atoms with E-state index in [4.69, 9.17) is 0 Å². The van der Waals surface area contributed by atoms with Crippen molar-refractivity contribution < 1.29 is 35.9 Å². The van der Waals surface area contributed by atoms with E-state index in [9.17, 15) is 31.1 Å². The smallest absolute Gasteiger partial charge is 0.406 e. The van der Waals surface area contributed by atoms with Crippen molar-refractivity contribution in [2.75, 3.05) is 5.32 Å². The molecule has 1 amide bonds. The molecule has 0 atom stereocenters. The highest BCUT2D eigenvalue weighted by Gasteiger charge is 2.32. The van der Waals surface area contributed by atoms with Crippen LogP contribution in [-0.4, -0.2) is 17.3 Å². The zero-order valence-corrected chi connectivity index (χ0v) is 11.6. The number of carbonyl (C=O) groups excluding carboxylic acids is 1. The molecule has 128 valence electrons. The Morgan fingerprint density at radius 3 is 2.29 bits per heavy atom. The quantitative estimate of drug-likeness (QED) is 0.842. The fourth-order valence-electron chi connectivity index (χ4n) is 1.67. The van der Waals surface area contributed by atoms with Crippen LogP contribution in [0.1, 0.15) is 16.1 Å². The third-order valence-corrected chi connectivity index (χ3v) is 2.64. The summed E-state index contributed by atoms with van der Waals surface area (Å²) in [7, 11) is 0. The number of nitrogens with zero attached hydrogens (tertiary/aromatic N) is 1. The number of rotatable bonds is 3. The van der Waals surface area contributed by atoms with Gasteiger partial charge >= 0.3 is 12.5 Å². The molecule has 0 fully saturated rings. The van der Waals surface area contributed by atoms with Gasteiger partial charge in [0.2, 0.25) is 0 Å². The Bertz CT molecular complexity index is 725. The van der Waals surface area contributed by atoms with E-state index in [0.717, 1.165) is 18.2 Å². The number of anilines is 1. The predicted molar refractivity (Wildman–Crippen MR) is 70.3 cm³/mol. The van der Waals surface area contributed by atoms with E-state index in [-0.39, 0.29) is 11.3 Å². The minimum Gasteiger partial charge on any atom is -0.406 e. The van der Waals surface area contributed by atoms with Crippen molar-refractivity contribution in [2.45, 2.75) is 12.5 Å². The van der Waals surface area contributed by atoms with Gasteiger partial charge in [0.15, 0.2) is 0 Å². The summed E-state index contributed by atoms with van der Waals surface area (Å²) in [5, 5.41) is 2.24. The minimum atomic E-state index is -4.89. The Kier molecular flexibility index (Phi) is 4.67. The lowest BCUT2D eigenvalue weighted by Crippen LogP contribution is -2.17. The van der Waals surface area contributed by atoms with Crippen molar-refractivity contribution >= 4 is 11.6 Å². The molecule has 0 saturated carbocycles. The van der Waals surface area contributed by atoms with Gasteiger partial charge in [-0.2, -0.15) is 13.2 Å². The van der Waals surface area contributed by atoms with Crippen LogP contribution < -0.4 is 10.1 Å². The third-order valence-electron chi connectivity index (χ3n) is 2.64. The number of halogens is 6. The van der Waals surface area contributed by atoms with Crippen LogP contribution in [0.4, 0.5) is 32.0 Å². The Hall–Kier alpha value is -2.78. The highest BCUT2D eigenvalue weighted by atomic mass is 19.4. The molecule has 0 aliphatic carbocycles. The Morgan fingerprint density at radius 2 is 1.75 bits per heavy atom. The van der Waals surface area contributed by atoms with Crippen molar-refractivity contribution in [3.63, 3.8) is 0 Å². The Balaban J connectivity index is 2.11. The van der Waals surface area contributed by atoms with E-state index >= 15 is 0 Å². The molecule has 1 aromatic heterocycles. The molecule has 10 heteroatoms. The second kappa shape index (κ2) is 6.38. The maximum atomic E-state index is 12.4. The van der Waals surface area contributed by atoms with Gasteiger partial charge in [0, 0.05) is 18.0 Å². The van der Waals surface area contributed by atoms with Crippen LogP contribution in [0.25, 0.3) is 0 Å². The van der Waals surface area contributed by atoms with Crippen LogP contribution in [0.15, 0.2) is 42.6 Å². The zero-order chi connectivity index (χ0) is 18.0. The average molecular weight is 350 g/mol. The fraction of sp³-hybridized carbons (Fsp3) is 0.143. The number of aromatic nitrogens is 1. The van der Waals surface area contributed by atoms with Crippen molar-refractivity contribution in [2.24, 2.45) is 0 Å². The summed E-state index contributed by atoms with van der Waals surface area (Å²) in [6.07, 6.45) is -8.81. The first-order chi connectivity index (χ1) is 11.0. The maximum absolute atomic E-state index is 12.4. The van der Waals surface area contributed by atoms with Crippen molar-refractivity contribution in [1.82, 2.24) is 4.98 Å². The summed E-state index contributed by atoms with van der Waals surface area (Å²) < 4.78 is 77.2. The molecular formula is C14H8F6N2O2. The zero-order valence-electron chi connectivity index (χ0n) is 11.6. The second-order valence-corrected chi connectivity index (χ2v) is 4.46. The van der Waals surface area contributed by atoms with Crippen molar-refractivity contribution in [3.05, 3.63) is 53.9 Å². The summed E-state index contributed by atoms with van der Waals surface area (Å²) in [6, 6.07) is 5.98. The van der Waals surface area contributed by atoms with E-state index in [1.165, 1.54) is 12.1 Å². The van der Waals surface area contributed by atoms with Gasteiger partial charge in [-0.1, -0.05) is 6.07 Å². The number of hydrogen-bond donors (Lipinski definition) is 1. The molecule has 0 radical (unpaired) electrons. The summed E-state index contributed by atoms with van der Waals surface area (Å²) in [4.78, 5) is 15.0. The highest BCUT2D eigenvalue weighted by Crippen LogP contribution is 2.28. The molecule has 2 aromatic rings. The lowest BCUT2D eigenvalue weighted by Gasteiger charge is -2.11. The first-order valence-corrected chi connectivity index (χ1v) is 6.25. The van der Waals surface area contributed by atoms with E-state index < -0.39 is 29.9 Å². The molecule has 0 unspecified atom stereocenters. The van der Waals surface area contributed by atoms with E-state index in [1.54, 1.807) is 0 Å². The number of carbonyl (C=O) groups is 1. The van der Waals surface area contributed by atoms with Crippen LogP contribution in [-0.2, 0) is 6.18 Å². The van der Waals surface area contributed by atoms with Crippen LogP contribution in [0.5, 0.6) is 5.75 Å². The number of amides is 1. The molecule has 0 aliphatic heterocycles. The van der Waals surface area contributed by atoms with Crippen LogP contribution in [0.2, 0.25) is 0 Å². The molecular weight excluding hydrogens is 342 g/mol. The molecule has 1 aromatic carbocycles. The number of benzene rings is 1. The van der Waals surface area contributed by atoms with Gasteiger partial charge in [-0.3, -0.25) is 9.78 Å². The van der Waals surface area contributed by atoms with Gasteiger partial charge in [-0.05, 0) is 24.3 Å². The standard InChI is InChI=1S/C14H8F6N2O2/c15-13(16,17)11-5-4-8(7-21-11)12(23)22-9-2-1-3-10(6-9)24-14(18,19)20/h1-7H,(H,22,23). The van der Waals surface area contributed by atoms with Crippen LogP contribution in [0, 0.1) is 0 Å². The first-order valence-electron chi connectivity index (χ1n) is 6.25. The van der Waals surface area contributed by atoms with Gasteiger partial charge in [0.1, 0.15) is 11.4 Å². The summed E-state index contributed by atoms with van der Waals surface area (Å²) in [6.45, 7) is 0. The van der Waals surface area contributed by atoms with Gasteiger partial charge in [0.25, 0.3) is 5.91 Å². The molecule has 0 bridgehead atoms. The molecule has 1 heterocycles. The first kappa shape index (κ1) is 17.6. The molecule has 1 N–H and O–H groups in total. The number of pyridine rings is 1. The monoisotopic (exact) mass is 350 g/mol. The van der Waals surface area contributed by atoms with E-state index in [2.05, 4.69) is 15.0 Å². The van der Waals surface area contributed by atoms with Crippen LogP contribution >= 0.6 is 0 Å². The minimum absolute atomic E-state index is 0.0263. The second-order valence-electron chi connectivity index (χ2n) is 4.46. The van der Waals surface area contributed by atoms with Crippen molar-refractivity contribution in [3.8, 4) is 5.75 Å². The summed E-state index contributed by atoms with van der Waals surface area (Å²) in [5.41, 5.74) is -1.38. The summed E-state index contributed by atoms with van der Waals surface area (Å²) >= 11 is 0. The van der Waals surface area contributed by atoms with Gasteiger partial charge in [0.05, 0.1) is 5.56 Å². The van der Waals surface area contributed by atoms with Gasteiger partial charge in [-0.15, -0.1) is 13.2 Å². The van der Waals surface area contributed by atoms with Gasteiger partial charge in [-0.25, -0.2) is 0 Å².